The van der Waals surface area contributed by atoms with Crippen LogP contribution >= 0.6 is 0 Å². The minimum atomic E-state index is -0.392. The van der Waals surface area contributed by atoms with Crippen LogP contribution in [0.1, 0.15) is 10.4 Å². The topological polar surface area (TPSA) is 64.0 Å². The Morgan fingerprint density at radius 3 is 2.68 bits per heavy atom. The summed E-state index contributed by atoms with van der Waals surface area (Å²) in [4.78, 5) is 23.0. The van der Waals surface area contributed by atoms with Crippen LogP contribution in [0.4, 0.5) is 4.39 Å². The number of carbonyl (C=O) groups is 1. The second-order valence-corrected chi connectivity index (χ2v) is 3.85. The van der Waals surface area contributed by atoms with Gasteiger partial charge in [-0.3, -0.25) is 9.59 Å². The maximum atomic E-state index is 12.7. The smallest absolute Gasteiger partial charge is 0.266 e. The molecule has 6 heteroatoms. The van der Waals surface area contributed by atoms with Gasteiger partial charge in [0.05, 0.1) is 6.54 Å². The van der Waals surface area contributed by atoms with Gasteiger partial charge in [-0.05, 0) is 30.3 Å². The lowest BCUT2D eigenvalue weighted by molar-refractivity contribution is 0.0951. The van der Waals surface area contributed by atoms with E-state index in [2.05, 4.69) is 10.4 Å². The van der Waals surface area contributed by atoms with Crippen molar-refractivity contribution in [2.24, 2.45) is 0 Å². The Labute approximate surface area is 108 Å². The summed E-state index contributed by atoms with van der Waals surface area (Å²) < 4.78 is 13.9. The molecule has 5 nitrogen and oxygen atoms in total. The normalized spacial score (nSPS) is 10.2. The van der Waals surface area contributed by atoms with Crippen molar-refractivity contribution in [3.63, 3.8) is 0 Å². The van der Waals surface area contributed by atoms with E-state index in [1.54, 1.807) is 6.07 Å². The van der Waals surface area contributed by atoms with Crippen molar-refractivity contribution in [2.45, 2.75) is 6.54 Å². The van der Waals surface area contributed by atoms with Gasteiger partial charge in [0, 0.05) is 24.4 Å². The fourth-order valence-corrected chi connectivity index (χ4v) is 1.53. The number of hydrogen-bond donors (Lipinski definition) is 1. The molecule has 0 aliphatic rings. The molecule has 0 fully saturated rings. The molecule has 19 heavy (non-hydrogen) atoms. The maximum absolute atomic E-state index is 12.7. The molecule has 98 valence electrons. The number of benzene rings is 1. The number of nitrogens with zero attached hydrogens (tertiary/aromatic N) is 2. The molecule has 0 aliphatic heterocycles. The van der Waals surface area contributed by atoms with Crippen LogP contribution in [0.5, 0.6) is 0 Å². The largest absolute Gasteiger partial charge is 0.350 e. The number of nitrogens with one attached hydrogen (secondary N) is 1. The van der Waals surface area contributed by atoms with Gasteiger partial charge in [-0.15, -0.1) is 0 Å². The van der Waals surface area contributed by atoms with E-state index >= 15 is 0 Å². The number of carbonyl (C=O) groups excluding carboxylic acids is 1. The zero-order valence-corrected chi connectivity index (χ0v) is 10.0. The number of hydrogen-bond acceptors (Lipinski definition) is 3. The summed E-state index contributed by atoms with van der Waals surface area (Å²) in [5.74, 6) is -0.708. The van der Waals surface area contributed by atoms with E-state index in [1.807, 2.05) is 0 Å². The Bertz CT molecular complexity index is 622. The molecule has 2 aromatic rings. The predicted octanol–water partition coefficient (Wildman–Crippen LogP) is 0.812. The maximum Gasteiger partial charge on any atom is 0.266 e. The van der Waals surface area contributed by atoms with Crippen molar-refractivity contribution >= 4 is 5.91 Å². The lowest BCUT2D eigenvalue weighted by Crippen LogP contribution is -2.31. The van der Waals surface area contributed by atoms with Gasteiger partial charge in [0.1, 0.15) is 5.82 Å². The molecule has 1 amide bonds. The third kappa shape index (κ3) is 3.48. The lowest BCUT2D eigenvalue weighted by atomic mass is 10.2. The van der Waals surface area contributed by atoms with Gasteiger partial charge in [0.15, 0.2) is 0 Å². The molecule has 1 aromatic carbocycles. The Morgan fingerprint density at radius 2 is 2.00 bits per heavy atom. The van der Waals surface area contributed by atoms with E-state index in [1.165, 1.54) is 41.2 Å². The number of halogens is 1. The molecule has 2 rings (SSSR count). The van der Waals surface area contributed by atoms with E-state index in [0.29, 0.717) is 5.56 Å². The summed E-state index contributed by atoms with van der Waals surface area (Å²) >= 11 is 0. The quantitative estimate of drug-likeness (QED) is 0.886. The predicted molar refractivity (Wildman–Crippen MR) is 67.2 cm³/mol. The van der Waals surface area contributed by atoms with Gasteiger partial charge in [-0.1, -0.05) is 0 Å². The zero-order valence-electron chi connectivity index (χ0n) is 10.0. The van der Waals surface area contributed by atoms with Gasteiger partial charge >= 0.3 is 0 Å². The average molecular weight is 261 g/mol. The number of amides is 1. The van der Waals surface area contributed by atoms with Crippen LogP contribution < -0.4 is 10.9 Å². The first kappa shape index (κ1) is 12.9. The van der Waals surface area contributed by atoms with E-state index in [4.69, 9.17) is 0 Å². The summed E-state index contributed by atoms with van der Waals surface area (Å²) in [5.41, 5.74) is 0.147. The lowest BCUT2D eigenvalue weighted by Gasteiger charge is -2.06. The minimum absolute atomic E-state index is 0.224. The van der Waals surface area contributed by atoms with Crippen LogP contribution in [0, 0.1) is 5.82 Å². The summed E-state index contributed by atoms with van der Waals surface area (Å²) in [6.45, 7) is 0.555. The highest BCUT2D eigenvalue weighted by molar-refractivity contribution is 5.94. The standard InChI is InChI=1S/C13H12FN3O2/c14-11-5-3-10(4-6-11)13(19)15-8-9-17-12(18)2-1-7-16-17/h1-7H,8-9H2,(H,15,19). The van der Waals surface area contributed by atoms with Gasteiger partial charge in [-0.25, -0.2) is 9.07 Å². The highest BCUT2D eigenvalue weighted by Crippen LogP contribution is 2.02. The fourth-order valence-electron chi connectivity index (χ4n) is 1.53. The Hall–Kier alpha value is -2.50. The first-order valence-electron chi connectivity index (χ1n) is 5.73. The molecule has 0 saturated carbocycles. The molecule has 0 radical (unpaired) electrons. The second-order valence-electron chi connectivity index (χ2n) is 3.85. The van der Waals surface area contributed by atoms with Crippen LogP contribution in [-0.2, 0) is 6.54 Å². The molecule has 0 saturated heterocycles. The first-order valence-corrected chi connectivity index (χ1v) is 5.73. The van der Waals surface area contributed by atoms with Crippen molar-refractivity contribution in [1.29, 1.82) is 0 Å². The molecule has 0 aliphatic carbocycles. The average Bonchev–Trinajstić information content (AvgIpc) is 2.41. The van der Waals surface area contributed by atoms with E-state index < -0.39 is 5.82 Å². The SMILES string of the molecule is O=C(NCCn1ncccc1=O)c1ccc(F)cc1. The highest BCUT2D eigenvalue weighted by atomic mass is 19.1. The minimum Gasteiger partial charge on any atom is -0.350 e. The van der Waals surface area contributed by atoms with Crippen molar-refractivity contribution < 1.29 is 9.18 Å². The summed E-state index contributed by atoms with van der Waals surface area (Å²) in [7, 11) is 0. The van der Waals surface area contributed by atoms with E-state index in [9.17, 15) is 14.0 Å². The molecule has 0 unspecified atom stereocenters. The van der Waals surface area contributed by atoms with Gasteiger partial charge in [0.25, 0.3) is 11.5 Å². The third-order valence-electron chi connectivity index (χ3n) is 2.50. The van der Waals surface area contributed by atoms with Crippen molar-refractivity contribution in [3.05, 3.63) is 64.3 Å². The van der Waals surface area contributed by atoms with Crippen molar-refractivity contribution in [2.75, 3.05) is 6.54 Å². The third-order valence-corrected chi connectivity index (χ3v) is 2.50. The molecule has 0 spiro atoms. The number of rotatable bonds is 4. The second kappa shape index (κ2) is 5.90. The van der Waals surface area contributed by atoms with Gasteiger partial charge in [0.2, 0.25) is 0 Å². The van der Waals surface area contributed by atoms with E-state index in [-0.39, 0.29) is 24.6 Å². The summed E-state index contributed by atoms with van der Waals surface area (Å²) in [6.07, 6.45) is 1.50. The molecule has 1 N–H and O–H groups in total. The molecule has 0 atom stereocenters. The van der Waals surface area contributed by atoms with Crippen LogP contribution in [-0.4, -0.2) is 22.2 Å². The fraction of sp³-hybridized carbons (Fsp3) is 0.154. The van der Waals surface area contributed by atoms with Crippen LogP contribution in [0.15, 0.2) is 47.4 Å². The Kier molecular flexibility index (Phi) is 4.02. The summed E-state index contributed by atoms with van der Waals surface area (Å²) in [6, 6.07) is 8.19. The van der Waals surface area contributed by atoms with E-state index in [0.717, 1.165) is 0 Å². The van der Waals surface area contributed by atoms with Crippen LogP contribution in [0.3, 0.4) is 0 Å². The summed E-state index contributed by atoms with van der Waals surface area (Å²) in [5, 5.41) is 6.50. The zero-order chi connectivity index (χ0) is 13.7. The number of aromatic nitrogens is 2. The molecule has 0 bridgehead atoms. The molecule has 1 heterocycles. The van der Waals surface area contributed by atoms with Crippen LogP contribution in [0.2, 0.25) is 0 Å². The van der Waals surface area contributed by atoms with Crippen molar-refractivity contribution in [1.82, 2.24) is 15.1 Å². The van der Waals surface area contributed by atoms with Gasteiger partial charge < -0.3 is 5.32 Å². The van der Waals surface area contributed by atoms with Crippen molar-refractivity contribution in [3.8, 4) is 0 Å². The van der Waals surface area contributed by atoms with Gasteiger partial charge in [-0.2, -0.15) is 5.10 Å². The molecular weight excluding hydrogens is 249 g/mol. The Morgan fingerprint density at radius 1 is 1.26 bits per heavy atom. The monoisotopic (exact) mass is 261 g/mol. The first-order chi connectivity index (χ1) is 9.16. The molecule has 1 aromatic heterocycles. The highest BCUT2D eigenvalue weighted by Gasteiger charge is 2.04. The Balaban J connectivity index is 1.89. The molecular formula is C13H12FN3O2. The van der Waals surface area contributed by atoms with Crippen LogP contribution in [0.25, 0.3) is 0 Å².